The molecule has 0 unspecified atom stereocenters. The first kappa shape index (κ1) is 18.3. The number of piperidine rings is 1. The maximum absolute atomic E-state index is 13.7. The van der Waals surface area contributed by atoms with Gasteiger partial charge in [-0.3, -0.25) is 0 Å². The lowest BCUT2D eigenvalue weighted by atomic mass is 9.91. The molecule has 3 heterocycles. The van der Waals surface area contributed by atoms with Gasteiger partial charge in [-0.1, -0.05) is 36.4 Å². The molecule has 0 aliphatic carbocycles. The second-order valence-corrected chi connectivity index (χ2v) is 9.49. The first-order valence-electron chi connectivity index (χ1n) is 10.0. The normalized spacial score (nSPS) is 15.9. The topological polar surface area (TPSA) is 64.0 Å². The Bertz CT molecular complexity index is 1280. The molecule has 6 heteroatoms. The van der Waals surface area contributed by atoms with E-state index in [9.17, 15) is 8.42 Å². The van der Waals surface area contributed by atoms with E-state index in [1.165, 1.54) is 3.97 Å². The third-order valence-electron chi connectivity index (χ3n) is 5.87. The summed E-state index contributed by atoms with van der Waals surface area (Å²) >= 11 is 0. The van der Waals surface area contributed by atoms with Crippen molar-refractivity contribution in [2.75, 3.05) is 13.1 Å². The second kappa shape index (κ2) is 7.28. The monoisotopic (exact) mass is 405 g/mol. The van der Waals surface area contributed by atoms with Gasteiger partial charge in [0.25, 0.3) is 10.0 Å². The van der Waals surface area contributed by atoms with Crippen LogP contribution >= 0.6 is 0 Å². The van der Waals surface area contributed by atoms with Crippen LogP contribution in [0.5, 0.6) is 0 Å². The molecule has 2 aromatic heterocycles. The molecule has 148 valence electrons. The Morgan fingerprint density at radius 1 is 0.966 bits per heavy atom. The first-order valence-corrected chi connectivity index (χ1v) is 11.5. The van der Waals surface area contributed by atoms with E-state index < -0.39 is 10.0 Å². The van der Waals surface area contributed by atoms with Gasteiger partial charge < -0.3 is 5.32 Å². The first-order chi connectivity index (χ1) is 14.1. The maximum atomic E-state index is 13.7. The summed E-state index contributed by atoms with van der Waals surface area (Å²) in [5.41, 5.74) is 1.56. The summed E-state index contributed by atoms with van der Waals surface area (Å²) in [6.07, 6.45) is 6.55. The smallest absolute Gasteiger partial charge is 0.269 e. The third kappa shape index (κ3) is 3.22. The zero-order chi connectivity index (χ0) is 19.8. The second-order valence-electron chi connectivity index (χ2n) is 7.70. The van der Waals surface area contributed by atoms with E-state index in [0.717, 1.165) is 54.1 Å². The highest BCUT2D eigenvalue weighted by molar-refractivity contribution is 7.90. The third-order valence-corrected chi connectivity index (χ3v) is 7.58. The van der Waals surface area contributed by atoms with Gasteiger partial charge >= 0.3 is 0 Å². The summed E-state index contributed by atoms with van der Waals surface area (Å²) in [5.74, 6) is 0.566. The molecule has 1 aliphatic heterocycles. The molecule has 4 aromatic rings. The molecule has 5 rings (SSSR count). The number of fused-ring (bicyclic) bond motifs is 2. The van der Waals surface area contributed by atoms with Gasteiger partial charge in [-0.2, -0.15) is 0 Å². The molecule has 1 aliphatic rings. The van der Waals surface area contributed by atoms with Crippen LogP contribution in [0, 0.1) is 5.92 Å². The Labute approximate surface area is 170 Å². The molecular weight excluding hydrogens is 382 g/mol. The maximum Gasteiger partial charge on any atom is 0.269 e. The van der Waals surface area contributed by atoms with Gasteiger partial charge in [0.2, 0.25) is 0 Å². The lowest BCUT2D eigenvalue weighted by Crippen LogP contribution is -2.28. The van der Waals surface area contributed by atoms with Crippen molar-refractivity contribution < 1.29 is 8.42 Å². The van der Waals surface area contributed by atoms with E-state index in [0.29, 0.717) is 16.5 Å². The number of nitrogens with zero attached hydrogens (tertiary/aromatic N) is 2. The Balaban J connectivity index is 1.66. The van der Waals surface area contributed by atoms with Gasteiger partial charge in [-0.05, 0) is 67.4 Å². The van der Waals surface area contributed by atoms with Crippen molar-refractivity contribution in [2.45, 2.75) is 24.2 Å². The van der Waals surface area contributed by atoms with Crippen molar-refractivity contribution in [3.8, 4) is 0 Å². The van der Waals surface area contributed by atoms with E-state index in [4.69, 9.17) is 0 Å². The summed E-state index contributed by atoms with van der Waals surface area (Å²) < 4.78 is 28.7. The standard InChI is InChI=1S/C23H23N3O2S/c27-29(28,22-9-3-6-18-5-1-2-7-20(18)22)26-16-19(15-17-10-13-24-14-11-17)21-8-4-12-25-23(21)26/h1-9,12,16-17,24H,10-11,13-15H2. The van der Waals surface area contributed by atoms with Crippen molar-refractivity contribution in [2.24, 2.45) is 5.92 Å². The van der Waals surface area contributed by atoms with Crippen LogP contribution in [-0.4, -0.2) is 30.5 Å². The number of benzene rings is 2. The molecule has 0 amide bonds. The van der Waals surface area contributed by atoms with Crippen LogP contribution in [0.25, 0.3) is 21.8 Å². The molecule has 1 N–H and O–H groups in total. The molecule has 2 aromatic carbocycles. The molecule has 5 nitrogen and oxygen atoms in total. The highest BCUT2D eigenvalue weighted by atomic mass is 32.2. The minimum atomic E-state index is -3.77. The molecule has 1 fully saturated rings. The number of nitrogens with one attached hydrogen (secondary N) is 1. The average molecular weight is 406 g/mol. The molecular formula is C23H23N3O2S. The minimum Gasteiger partial charge on any atom is -0.317 e. The van der Waals surface area contributed by atoms with Crippen molar-refractivity contribution in [3.05, 3.63) is 72.6 Å². The van der Waals surface area contributed by atoms with Crippen molar-refractivity contribution in [1.82, 2.24) is 14.3 Å². The Morgan fingerprint density at radius 2 is 1.72 bits per heavy atom. The Morgan fingerprint density at radius 3 is 2.59 bits per heavy atom. The molecule has 29 heavy (non-hydrogen) atoms. The highest BCUT2D eigenvalue weighted by Gasteiger charge is 2.25. The van der Waals surface area contributed by atoms with Gasteiger partial charge in [0.05, 0.1) is 4.90 Å². The van der Waals surface area contributed by atoms with Gasteiger partial charge in [0, 0.05) is 23.2 Å². The summed E-state index contributed by atoms with van der Waals surface area (Å²) in [4.78, 5) is 4.75. The van der Waals surface area contributed by atoms with Crippen molar-refractivity contribution in [1.29, 1.82) is 0 Å². The van der Waals surface area contributed by atoms with E-state index in [2.05, 4.69) is 10.3 Å². The SMILES string of the molecule is O=S(=O)(c1cccc2ccccc12)n1cc(CC2CCNCC2)c2cccnc21. The van der Waals surface area contributed by atoms with E-state index in [1.54, 1.807) is 24.5 Å². The Hall–Kier alpha value is -2.70. The number of hydrogen-bond donors (Lipinski definition) is 1. The van der Waals surface area contributed by atoms with Crippen molar-refractivity contribution >= 4 is 31.8 Å². The summed E-state index contributed by atoms with van der Waals surface area (Å²) in [6, 6.07) is 16.8. The number of rotatable bonds is 4. The summed E-state index contributed by atoms with van der Waals surface area (Å²) in [5, 5.41) is 5.96. The molecule has 0 bridgehead atoms. The predicted octanol–water partition coefficient (Wildman–Crippen LogP) is 3.97. The van der Waals surface area contributed by atoms with Gasteiger partial charge in [0.15, 0.2) is 5.65 Å². The average Bonchev–Trinajstić information content (AvgIpc) is 3.13. The number of hydrogen-bond acceptors (Lipinski definition) is 4. The summed E-state index contributed by atoms with van der Waals surface area (Å²) in [6.45, 7) is 2.05. The highest BCUT2D eigenvalue weighted by Crippen LogP contribution is 2.30. The molecule has 0 radical (unpaired) electrons. The van der Waals surface area contributed by atoms with E-state index >= 15 is 0 Å². The fourth-order valence-electron chi connectivity index (χ4n) is 4.36. The largest absolute Gasteiger partial charge is 0.317 e. The quantitative estimate of drug-likeness (QED) is 0.558. The zero-order valence-corrected chi connectivity index (χ0v) is 16.9. The molecule has 1 saturated heterocycles. The van der Waals surface area contributed by atoms with E-state index in [1.807, 2.05) is 42.5 Å². The van der Waals surface area contributed by atoms with Crippen LogP contribution in [0.1, 0.15) is 18.4 Å². The van der Waals surface area contributed by atoms with Gasteiger partial charge in [0.1, 0.15) is 0 Å². The van der Waals surface area contributed by atoms with Crippen LogP contribution < -0.4 is 5.32 Å². The van der Waals surface area contributed by atoms with Crippen LogP contribution in [0.2, 0.25) is 0 Å². The lowest BCUT2D eigenvalue weighted by Gasteiger charge is -2.22. The van der Waals surface area contributed by atoms with Gasteiger partial charge in [-0.15, -0.1) is 0 Å². The fourth-order valence-corrected chi connectivity index (χ4v) is 5.93. The molecule has 0 atom stereocenters. The summed E-state index contributed by atoms with van der Waals surface area (Å²) in [7, 11) is -3.77. The zero-order valence-electron chi connectivity index (χ0n) is 16.1. The number of pyridine rings is 1. The minimum absolute atomic E-state index is 0.312. The predicted molar refractivity (Wildman–Crippen MR) is 116 cm³/mol. The van der Waals surface area contributed by atoms with Crippen LogP contribution in [0.3, 0.4) is 0 Å². The van der Waals surface area contributed by atoms with Crippen LogP contribution in [0.4, 0.5) is 0 Å². The molecule has 0 spiro atoms. The lowest BCUT2D eigenvalue weighted by molar-refractivity contribution is 0.373. The van der Waals surface area contributed by atoms with E-state index in [-0.39, 0.29) is 0 Å². The van der Waals surface area contributed by atoms with Crippen LogP contribution in [-0.2, 0) is 16.4 Å². The van der Waals surface area contributed by atoms with Crippen molar-refractivity contribution in [3.63, 3.8) is 0 Å². The Kier molecular flexibility index (Phi) is 4.60. The number of aromatic nitrogens is 2. The molecule has 0 saturated carbocycles. The van der Waals surface area contributed by atoms with Crippen LogP contribution in [0.15, 0.2) is 71.9 Å². The van der Waals surface area contributed by atoms with Gasteiger partial charge in [-0.25, -0.2) is 17.4 Å². The fraction of sp³-hybridized carbons (Fsp3) is 0.261.